The Morgan fingerprint density at radius 2 is 1.88 bits per heavy atom. The third-order valence-electron chi connectivity index (χ3n) is 4.71. The molecule has 24 heavy (non-hydrogen) atoms. The van der Waals surface area contributed by atoms with E-state index in [2.05, 4.69) is 34.5 Å². The first-order valence-corrected chi connectivity index (χ1v) is 10.2. The van der Waals surface area contributed by atoms with Crippen LogP contribution in [0.15, 0.2) is 41.8 Å². The van der Waals surface area contributed by atoms with Crippen LogP contribution in [0, 0.1) is 5.92 Å². The monoisotopic (exact) mass is 348 g/mol. The van der Waals surface area contributed by atoms with Crippen molar-refractivity contribution in [3.63, 3.8) is 0 Å². The van der Waals surface area contributed by atoms with Crippen LogP contribution in [0.5, 0.6) is 0 Å². The van der Waals surface area contributed by atoms with E-state index in [0.717, 1.165) is 32.5 Å². The maximum absolute atomic E-state index is 12.1. The number of rotatable bonds is 5. The summed E-state index contributed by atoms with van der Waals surface area (Å²) in [5.41, 5.74) is 1.32. The summed E-state index contributed by atoms with van der Waals surface area (Å²) >= 11 is 0. The first kappa shape index (κ1) is 17.2. The van der Waals surface area contributed by atoms with Crippen LogP contribution in [0.4, 0.5) is 0 Å². The molecule has 1 amide bonds. The average Bonchev–Trinajstić information content (AvgIpc) is 2.89. The molecule has 2 aliphatic rings. The molecular weight excluding hydrogens is 324 g/mol. The summed E-state index contributed by atoms with van der Waals surface area (Å²) in [7, 11) is -3.11. The maximum Gasteiger partial charge on any atom is 0.220 e. The summed E-state index contributed by atoms with van der Waals surface area (Å²) in [4.78, 5) is 14.5. The molecule has 1 unspecified atom stereocenters. The minimum atomic E-state index is -3.11. The Morgan fingerprint density at radius 3 is 2.50 bits per heavy atom. The number of benzene rings is 1. The lowest BCUT2D eigenvalue weighted by molar-refractivity contribution is -0.122. The average molecular weight is 348 g/mol. The van der Waals surface area contributed by atoms with E-state index in [1.165, 1.54) is 11.0 Å². The molecule has 1 aromatic carbocycles. The fourth-order valence-corrected chi connectivity index (χ4v) is 4.62. The molecule has 0 aliphatic carbocycles. The molecule has 1 N–H and O–H groups in total. The Kier molecular flexibility index (Phi) is 5.36. The van der Waals surface area contributed by atoms with Crippen molar-refractivity contribution in [2.24, 2.45) is 5.92 Å². The molecule has 2 heterocycles. The SMILES string of the molecule is O=C(CC1CCN(Cc2ccccc2)CC1)NC1C=CS(=O)(=O)C1. The van der Waals surface area contributed by atoms with Crippen molar-refractivity contribution in [2.45, 2.75) is 31.8 Å². The number of carbonyl (C=O) groups excluding carboxylic acids is 1. The molecule has 0 saturated carbocycles. The molecule has 2 aliphatic heterocycles. The first-order valence-electron chi connectivity index (χ1n) is 8.47. The molecule has 1 atom stereocenters. The van der Waals surface area contributed by atoms with Crippen LogP contribution in [-0.4, -0.2) is 44.1 Å². The molecule has 0 aromatic heterocycles. The van der Waals surface area contributed by atoms with Gasteiger partial charge in [0.1, 0.15) is 0 Å². The number of carbonyl (C=O) groups is 1. The van der Waals surface area contributed by atoms with Crippen LogP contribution in [0.1, 0.15) is 24.8 Å². The Labute approximate surface area is 143 Å². The van der Waals surface area contributed by atoms with E-state index >= 15 is 0 Å². The summed E-state index contributed by atoms with van der Waals surface area (Å²) < 4.78 is 22.7. The van der Waals surface area contributed by atoms with Gasteiger partial charge in [0, 0.05) is 18.4 Å². The van der Waals surface area contributed by atoms with E-state index in [-0.39, 0.29) is 17.7 Å². The molecule has 1 saturated heterocycles. The Morgan fingerprint density at radius 1 is 1.17 bits per heavy atom. The van der Waals surface area contributed by atoms with Crippen LogP contribution in [0.3, 0.4) is 0 Å². The number of piperidine rings is 1. The van der Waals surface area contributed by atoms with Gasteiger partial charge in [-0.05, 0) is 43.5 Å². The van der Waals surface area contributed by atoms with Crippen molar-refractivity contribution in [2.75, 3.05) is 18.8 Å². The van der Waals surface area contributed by atoms with E-state index in [1.807, 2.05) is 6.07 Å². The zero-order valence-corrected chi connectivity index (χ0v) is 14.5. The Hall–Kier alpha value is -1.66. The number of nitrogens with zero attached hydrogens (tertiary/aromatic N) is 1. The predicted molar refractivity (Wildman–Crippen MR) is 93.9 cm³/mol. The van der Waals surface area contributed by atoms with Gasteiger partial charge in [0.2, 0.25) is 5.91 Å². The molecule has 1 aromatic rings. The second kappa shape index (κ2) is 7.49. The normalized spacial score (nSPS) is 24.1. The summed E-state index contributed by atoms with van der Waals surface area (Å²) in [6.45, 7) is 2.97. The van der Waals surface area contributed by atoms with Gasteiger partial charge in [-0.25, -0.2) is 8.42 Å². The van der Waals surface area contributed by atoms with Gasteiger partial charge in [-0.15, -0.1) is 0 Å². The highest BCUT2D eigenvalue weighted by atomic mass is 32.2. The number of hydrogen-bond donors (Lipinski definition) is 1. The molecule has 0 spiro atoms. The lowest BCUT2D eigenvalue weighted by Crippen LogP contribution is -2.39. The van der Waals surface area contributed by atoms with Crippen molar-refractivity contribution in [3.8, 4) is 0 Å². The second-order valence-corrected chi connectivity index (χ2v) is 8.67. The first-order chi connectivity index (χ1) is 11.5. The fourth-order valence-electron chi connectivity index (χ4n) is 3.38. The van der Waals surface area contributed by atoms with E-state index in [9.17, 15) is 13.2 Å². The fraction of sp³-hybridized carbons (Fsp3) is 0.500. The zero-order chi connectivity index (χ0) is 17.0. The topological polar surface area (TPSA) is 66.5 Å². The van der Waals surface area contributed by atoms with Crippen molar-refractivity contribution in [3.05, 3.63) is 47.4 Å². The van der Waals surface area contributed by atoms with Gasteiger partial charge in [0.05, 0.1) is 11.8 Å². The van der Waals surface area contributed by atoms with Gasteiger partial charge >= 0.3 is 0 Å². The van der Waals surface area contributed by atoms with Gasteiger partial charge in [-0.1, -0.05) is 30.3 Å². The quantitative estimate of drug-likeness (QED) is 0.880. The lowest BCUT2D eigenvalue weighted by atomic mass is 9.93. The number of likely N-dealkylation sites (tertiary alicyclic amines) is 1. The van der Waals surface area contributed by atoms with Crippen LogP contribution in [-0.2, 0) is 21.2 Å². The third-order valence-corrected chi connectivity index (χ3v) is 6.10. The largest absolute Gasteiger partial charge is 0.349 e. The highest BCUT2D eigenvalue weighted by Gasteiger charge is 2.25. The zero-order valence-electron chi connectivity index (χ0n) is 13.7. The Bertz CT molecular complexity index is 692. The highest BCUT2D eigenvalue weighted by Crippen LogP contribution is 2.22. The van der Waals surface area contributed by atoms with Gasteiger partial charge < -0.3 is 5.32 Å². The maximum atomic E-state index is 12.1. The minimum Gasteiger partial charge on any atom is -0.349 e. The van der Waals surface area contributed by atoms with Gasteiger partial charge in [0.15, 0.2) is 9.84 Å². The van der Waals surface area contributed by atoms with Crippen molar-refractivity contribution >= 4 is 15.7 Å². The predicted octanol–water partition coefficient (Wildman–Crippen LogP) is 1.72. The second-order valence-electron chi connectivity index (χ2n) is 6.74. The van der Waals surface area contributed by atoms with E-state index < -0.39 is 9.84 Å². The summed E-state index contributed by atoms with van der Waals surface area (Å²) in [6, 6.07) is 10.1. The molecule has 5 nitrogen and oxygen atoms in total. The Balaban J connectivity index is 1.39. The van der Waals surface area contributed by atoms with Crippen molar-refractivity contribution < 1.29 is 13.2 Å². The van der Waals surface area contributed by atoms with Crippen LogP contribution in [0.2, 0.25) is 0 Å². The van der Waals surface area contributed by atoms with E-state index in [4.69, 9.17) is 0 Å². The summed E-state index contributed by atoms with van der Waals surface area (Å²) in [6.07, 6.45) is 4.08. The summed E-state index contributed by atoms with van der Waals surface area (Å²) in [5, 5.41) is 4.01. The van der Waals surface area contributed by atoms with Crippen LogP contribution in [0.25, 0.3) is 0 Å². The van der Waals surface area contributed by atoms with Crippen LogP contribution < -0.4 is 5.32 Å². The standard InChI is InChI=1S/C18H24N2O3S/c21-18(19-17-8-11-24(22,23)14-17)12-15-6-9-20(10-7-15)13-16-4-2-1-3-5-16/h1-5,8,11,15,17H,6-7,9-10,12-14H2,(H,19,21). The van der Waals surface area contributed by atoms with Gasteiger partial charge in [-0.3, -0.25) is 9.69 Å². The van der Waals surface area contributed by atoms with Gasteiger partial charge in [-0.2, -0.15) is 0 Å². The lowest BCUT2D eigenvalue weighted by Gasteiger charge is -2.31. The van der Waals surface area contributed by atoms with Crippen molar-refractivity contribution in [1.29, 1.82) is 0 Å². The molecule has 3 rings (SSSR count). The van der Waals surface area contributed by atoms with E-state index in [1.54, 1.807) is 6.08 Å². The number of nitrogens with one attached hydrogen (secondary N) is 1. The minimum absolute atomic E-state index is 0.00569. The molecular formula is C18H24N2O3S. The van der Waals surface area contributed by atoms with Gasteiger partial charge in [0.25, 0.3) is 0 Å². The molecule has 0 bridgehead atoms. The molecule has 1 fully saturated rings. The van der Waals surface area contributed by atoms with Crippen molar-refractivity contribution in [1.82, 2.24) is 10.2 Å². The number of hydrogen-bond acceptors (Lipinski definition) is 4. The molecule has 6 heteroatoms. The van der Waals surface area contributed by atoms with Crippen LogP contribution >= 0.6 is 0 Å². The number of sulfone groups is 1. The third kappa shape index (κ3) is 4.92. The molecule has 0 radical (unpaired) electrons. The van der Waals surface area contributed by atoms with E-state index in [0.29, 0.717) is 12.3 Å². The summed E-state index contributed by atoms with van der Waals surface area (Å²) in [5.74, 6) is 0.344. The smallest absolute Gasteiger partial charge is 0.220 e. The molecule has 130 valence electrons. The number of amides is 1. The highest BCUT2D eigenvalue weighted by molar-refractivity contribution is 7.94.